The highest BCUT2D eigenvalue weighted by atomic mass is 32.2. The van der Waals surface area contributed by atoms with E-state index in [0.717, 1.165) is 0 Å². The number of fused-ring (bicyclic) bond motifs is 1. The Hall–Kier alpha value is -1.46. The molecule has 2 unspecified atom stereocenters. The molecule has 0 radical (unpaired) electrons. The zero-order chi connectivity index (χ0) is 15.9. The highest BCUT2D eigenvalue weighted by Crippen LogP contribution is 2.32. The van der Waals surface area contributed by atoms with Crippen molar-refractivity contribution in [3.8, 4) is 0 Å². The van der Waals surface area contributed by atoms with Gasteiger partial charge in [0.25, 0.3) is 0 Å². The van der Waals surface area contributed by atoms with Crippen LogP contribution in [0.2, 0.25) is 0 Å². The first-order valence-electron chi connectivity index (χ1n) is 6.69. The Morgan fingerprint density at radius 3 is 2.73 bits per heavy atom. The van der Waals surface area contributed by atoms with Gasteiger partial charge in [0.1, 0.15) is 18.3 Å². The van der Waals surface area contributed by atoms with Gasteiger partial charge < -0.3 is 25.4 Å². The van der Waals surface area contributed by atoms with E-state index in [1.165, 1.54) is 18.1 Å². The van der Waals surface area contributed by atoms with Crippen molar-refractivity contribution in [3.63, 3.8) is 0 Å². The van der Waals surface area contributed by atoms with Gasteiger partial charge in [0.05, 0.1) is 12.9 Å². The Kier molecular flexibility index (Phi) is 4.19. The van der Waals surface area contributed by atoms with E-state index in [1.807, 2.05) is 6.26 Å². The molecule has 22 heavy (non-hydrogen) atoms. The second kappa shape index (κ2) is 5.97. The minimum atomic E-state index is -1.18. The quantitative estimate of drug-likeness (QED) is 0.422. The molecular formula is C12H17N5O4S. The molecular weight excluding hydrogens is 310 g/mol. The highest BCUT2D eigenvalue weighted by Gasteiger charge is 2.44. The van der Waals surface area contributed by atoms with E-state index in [4.69, 9.17) is 4.74 Å². The summed E-state index contributed by atoms with van der Waals surface area (Å²) >= 11 is 1.38. The van der Waals surface area contributed by atoms with E-state index in [9.17, 15) is 15.3 Å². The maximum absolute atomic E-state index is 10.1. The van der Waals surface area contributed by atoms with Crippen molar-refractivity contribution in [1.29, 1.82) is 0 Å². The van der Waals surface area contributed by atoms with Gasteiger partial charge in [-0.3, -0.25) is 4.57 Å². The number of aliphatic hydroxyl groups is 3. The number of aliphatic hydroxyl groups excluding tert-OH is 3. The zero-order valence-corrected chi connectivity index (χ0v) is 12.9. The van der Waals surface area contributed by atoms with Crippen molar-refractivity contribution >= 4 is 28.7 Å². The minimum absolute atomic E-state index is 0.381. The number of aromatic nitrogens is 4. The fourth-order valence-electron chi connectivity index (χ4n) is 2.46. The van der Waals surface area contributed by atoms with E-state index in [2.05, 4.69) is 20.3 Å². The van der Waals surface area contributed by atoms with Gasteiger partial charge in [0.2, 0.25) is 0 Å². The van der Waals surface area contributed by atoms with Gasteiger partial charge in [0, 0.05) is 7.05 Å². The van der Waals surface area contributed by atoms with E-state index in [-0.39, 0.29) is 6.61 Å². The van der Waals surface area contributed by atoms with Crippen LogP contribution < -0.4 is 5.32 Å². The summed E-state index contributed by atoms with van der Waals surface area (Å²) in [6, 6.07) is 0. The molecule has 0 spiro atoms. The van der Waals surface area contributed by atoms with Gasteiger partial charge in [-0.1, -0.05) is 11.8 Å². The third kappa shape index (κ3) is 2.32. The standard InChI is InChI=1S/C12H17N5O4S/c1-13-9-6-10(16-12(15-9)22-2)17(4-14-6)11-8(20)7(19)5(3-18)21-11/h4-5,7-8,11,18-20H,3H2,1-2H3,(H,13,15,16)/t5-,7?,8?,11-/m1/s1. The molecule has 3 heterocycles. The summed E-state index contributed by atoms with van der Waals surface area (Å²) in [7, 11) is 1.73. The van der Waals surface area contributed by atoms with E-state index < -0.39 is 24.5 Å². The predicted molar refractivity (Wildman–Crippen MR) is 79.7 cm³/mol. The molecule has 1 aliphatic heterocycles. The van der Waals surface area contributed by atoms with Gasteiger partial charge in [0.15, 0.2) is 28.4 Å². The highest BCUT2D eigenvalue weighted by molar-refractivity contribution is 7.98. The largest absolute Gasteiger partial charge is 0.394 e. The lowest BCUT2D eigenvalue weighted by atomic mass is 10.1. The van der Waals surface area contributed by atoms with Crippen molar-refractivity contribution in [3.05, 3.63) is 6.33 Å². The monoisotopic (exact) mass is 327 g/mol. The van der Waals surface area contributed by atoms with Crippen LogP contribution in [0.4, 0.5) is 5.82 Å². The second-order valence-electron chi connectivity index (χ2n) is 4.86. The van der Waals surface area contributed by atoms with E-state index >= 15 is 0 Å². The summed E-state index contributed by atoms with van der Waals surface area (Å²) < 4.78 is 7.06. The number of rotatable bonds is 4. The molecule has 0 bridgehead atoms. The summed E-state index contributed by atoms with van der Waals surface area (Å²) in [6.07, 6.45) is -0.730. The Labute approximate surface area is 130 Å². The molecule has 2 aromatic rings. The van der Waals surface area contributed by atoms with Crippen LogP contribution in [-0.2, 0) is 4.74 Å². The third-order valence-electron chi connectivity index (χ3n) is 3.61. The molecule has 0 aliphatic carbocycles. The Morgan fingerprint density at radius 2 is 2.14 bits per heavy atom. The molecule has 9 nitrogen and oxygen atoms in total. The minimum Gasteiger partial charge on any atom is -0.394 e. The molecule has 0 aromatic carbocycles. The third-order valence-corrected chi connectivity index (χ3v) is 4.16. The first-order valence-corrected chi connectivity index (χ1v) is 7.92. The smallest absolute Gasteiger partial charge is 0.191 e. The van der Waals surface area contributed by atoms with Crippen molar-refractivity contribution in [1.82, 2.24) is 19.5 Å². The number of ether oxygens (including phenoxy) is 1. The average Bonchev–Trinajstić information content (AvgIpc) is 3.08. The number of nitrogens with one attached hydrogen (secondary N) is 1. The topological polar surface area (TPSA) is 126 Å². The lowest BCUT2D eigenvalue weighted by Crippen LogP contribution is -2.33. The lowest BCUT2D eigenvalue weighted by molar-refractivity contribution is -0.0511. The molecule has 120 valence electrons. The van der Waals surface area contributed by atoms with E-state index in [1.54, 1.807) is 11.6 Å². The van der Waals surface area contributed by atoms with Crippen LogP contribution in [0.5, 0.6) is 0 Å². The molecule has 0 saturated carbocycles. The fraction of sp³-hybridized carbons (Fsp3) is 0.583. The molecule has 4 N–H and O–H groups in total. The number of nitrogens with zero attached hydrogens (tertiary/aromatic N) is 4. The van der Waals surface area contributed by atoms with Gasteiger partial charge in [-0.25, -0.2) is 15.0 Å². The van der Waals surface area contributed by atoms with Gasteiger partial charge in [-0.2, -0.15) is 0 Å². The Morgan fingerprint density at radius 1 is 1.36 bits per heavy atom. The first-order chi connectivity index (χ1) is 10.6. The summed E-state index contributed by atoms with van der Waals surface area (Å²) in [5, 5.41) is 32.7. The maximum atomic E-state index is 10.1. The van der Waals surface area contributed by atoms with Crippen molar-refractivity contribution < 1.29 is 20.1 Å². The summed E-state index contributed by atoms with van der Waals surface area (Å²) in [5.41, 5.74) is 1.02. The molecule has 4 atom stereocenters. The fourth-order valence-corrected chi connectivity index (χ4v) is 2.82. The normalized spacial score (nSPS) is 28.4. The summed E-state index contributed by atoms with van der Waals surface area (Å²) in [5.74, 6) is 0.569. The van der Waals surface area contributed by atoms with Crippen LogP contribution in [0.25, 0.3) is 11.2 Å². The number of anilines is 1. The van der Waals surface area contributed by atoms with Crippen molar-refractivity contribution in [2.24, 2.45) is 0 Å². The SMILES string of the molecule is CNc1nc(SC)nc2c1ncn2[C@@H]1O[C@H](CO)C(O)C1O. The van der Waals surface area contributed by atoms with Gasteiger partial charge in [-0.15, -0.1) is 0 Å². The molecule has 2 aromatic heterocycles. The molecule has 1 aliphatic rings. The van der Waals surface area contributed by atoms with Crippen LogP contribution in [0.1, 0.15) is 6.23 Å². The Bertz CT molecular complexity index is 681. The average molecular weight is 327 g/mol. The van der Waals surface area contributed by atoms with Crippen LogP contribution in [0.3, 0.4) is 0 Å². The first kappa shape index (κ1) is 15.4. The van der Waals surface area contributed by atoms with Crippen LogP contribution in [-0.4, -0.2) is 73.1 Å². The van der Waals surface area contributed by atoms with Gasteiger partial charge >= 0.3 is 0 Å². The van der Waals surface area contributed by atoms with Gasteiger partial charge in [-0.05, 0) is 6.26 Å². The van der Waals surface area contributed by atoms with E-state index in [0.29, 0.717) is 22.1 Å². The Balaban J connectivity index is 2.08. The second-order valence-corrected chi connectivity index (χ2v) is 5.64. The van der Waals surface area contributed by atoms with Crippen molar-refractivity contribution in [2.75, 3.05) is 25.2 Å². The van der Waals surface area contributed by atoms with Crippen molar-refractivity contribution in [2.45, 2.75) is 29.7 Å². The molecule has 3 rings (SSSR count). The number of thioether (sulfide) groups is 1. The molecule has 0 amide bonds. The van der Waals surface area contributed by atoms with Crippen LogP contribution in [0.15, 0.2) is 11.5 Å². The van der Waals surface area contributed by atoms with Crippen LogP contribution >= 0.6 is 11.8 Å². The molecule has 1 fully saturated rings. The maximum Gasteiger partial charge on any atom is 0.191 e. The molecule has 10 heteroatoms. The summed E-state index contributed by atoms with van der Waals surface area (Å²) in [6.45, 7) is -0.381. The molecule has 1 saturated heterocycles. The number of imidazole rings is 1. The zero-order valence-electron chi connectivity index (χ0n) is 12.0. The lowest BCUT2D eigenvalue weighted by Gasteiger charge is -2.16. The number of hydrogen-bond donors (Lipinski definition) is 4. The number of hydrogen-bond acceptors (Lipinski definition) is 9. The predicted octanol–water partition coefficient (Wildman–Crippen LogP) is -0.799. The van der Waals surface area contributed by atoms with Crippen LogP contribution in [0, 0.1) is 0 Å². The summed E-state index contributed by atoms with van der Waals surface area (Å²) in [4.78, 5) is 13.0.